The van der Waals surface area contributed by atoms with Crippen molar-refractivity contribution in [2.45, 2.75) is 19.4 Å². The Labute approximate surface area is 102 Å². The molecular weight excluding hydrogens is 214 g/mol. The molecule has 1 fully saturated rings. The highest BCUT2D eigenvalue weighted by atomic mass is 16.1. The molecule has 0 aromatic heterocycles. The zero-order valence-corrected chi connectivity index (χ0v) is 9.91. The lowest BCUT2D eigenvalue weighted by Gasteiger charge is -2.21. The van der Waals surface area contributed by atoms with Crippen LogP contribution in [0.5, 0.6) is 0 Å². The number of nitrogen functional groups attached to an aromatic ring is 1. The topological polar surface area (TPSA) is 67.1 Å². The summed E-state index contributed by atoms with van der Waals surface area (Å²) in [4.78, 5) is 11.9. The van der Waals surface area contributed by atoms with Crippen LogP contribution >= 0.6 is 0 Å². The highest BCUT2D eigenvalue weighted by Crippen LogP contribution is 2.12. The number of benzene rings is 1. The van der Waals surface area contributed by atoms with E-state index < -0.39 is 0 Å². The van der Waals surface area contributed by atoms with Crippen LogP contribution in [0.1, 0.15) is 18.4 Å². The molecule has 0 unspecified atom stereocenters. The Balaban J connectivity index is 1.81. The Bertz CT molecular complexity index is 369. The van der Waals surface area contributed by atoms with Gasteiger partial charge in [-0.15, -0.1) is 0 Å². The molecule has 1 aromatic rings. The Kier molecular flexibility index (Phi) is 3.98. The lowest BCUT2D eigenvalue weighted by atomic mass is 9.97. The molecule has 0 aliphatic carbocycles. The molecule has 2 rings (SSSR count). The summed E-state index contributed by atoms with van der Waals surface area (Å²) in [7, 11) is 0. The third-order valence-electron chi connectivity index (χ3n) is 3.16. The molecular formula is C13H19N3O. The Morgan fingerprint density at radius 1 is 1.29 bits per heavy atom. The number of nitrogens with two attached hydrogens (primary N) is 1. The van der Waals surface area contributed by atoms with E-state index in [1.54, 1.807) is 0 Å². The second-order valence-corrected chi connectivity index (χ2v) is 4.48. The van der Waals surface area contributed by atoms with Gasteiger partial charge in [0.25, 0.3) is 0 Å². The molecule has 4 heteroatoms. The quantitative estimate of drug-likeness (QED) is 0.679. The zero-order valence-electron chi connectivity index (χ0n) is 9.91. The number of hydrogen-bond acceptors (Lipinski definition) is 3. The largest absolute Gasteiger partial charge is 0.399 e. The molecule has 0 saturated carbocycles. The molecule has 0 spiro atoms. The molecule has 0 radical (unpaired) electrons. The summed E-state index contributed by atoms with van der Waals surface area (Å²) in [6, 6.07) is 7.59. The Morgan fingerprint density at radius 2 is 1.94 bits per heavy atom. The average Bonchev–Trinajstić information content (AvgIpc) is 2.39. The summed E-state index contributed by atoms with van der Waals surface area (Å²) in [5.74, 6) is 0.341. The fourth-order valence-electron chi connectivity index (χ4n) is 2.05. The van der Waals surface area contributed by atoms with Gasteiger partial charge in [-0.3, -0.25) is 4.79 Å². The van der Waals surface area contributed by atoms with Crippen molar-refractivity contribution >= 4 is 11.6 Å². The second-order valence-electron chi connectivity index (χ2n) is 4.48. The van der Waals surface area contributed by atoms with Crippen molar-refractivity contribution in [3.63, 3.8) is 0 Å². The second kappa shape index (κ2) is 5.68. The van der Waals surface area contributed by atoms with Gasteiger partial charge in [0.1, 0.15) is 0 Å². The lowest BCUT2D eigenvalue weighted by Crippen LogP contribution is -2.37. The average molecular weight is 233 g/mol. The van der Waals surface area contributed by atoms with Crippen molar-refractivity contribution in [3.05, 3.63) is 29.8 Å². The fraction of sp³-hybridized carbons (Fsp3) is 0.462. The predicted octanol–water partition coefficient (Wildman–Crippen LogP) is 0.885. The van der Waals surface area contributed by atoms with Crippen molar-refractivity contribution in [3.8, 4) is 0 Å². The van der Waals surface area contributed by atoms with Gasteiger partial charge in [-0.25, -0.2) is 0 Å². The van der Waals surface area contributed by atoms with Gasteiger partial charge >= 0.3 is 0 Å². The van der Waals surface area contributed by atoms with Crippen molar-refractivity contribution in [2.75, 3.05) is 18.8 Å². The minimum atomic E-state index is 0.170. The van der Waals surface area contributed by atoms with Crippen LogP contribution in [-0.2, 0) is 11.3 Å². The van der Waals surface area contributed by atoms with Gasteiger partial charge < -0.3 is 16.4 Å². The van der Waals surface area contributed by atoms with Gasteiger partial charge in [0.05, 0.1) is 0 Å². The number of anilines is 1. The van der Waals surface area contributed by atoms with Crippen molar-refractivity contribution in [1.82, 2.24) is 10.6 Å². The first-order valence-electron chi connectivity index (χ1n) is 6.08. The minimum absolute atomic E-state index is 0.170. The molecule has 92 valence electrons. The number of carbonyl (C=O) groups is 1. The normalized spacial score (nSPS) is 16.7. The summed E-state index contributed by atoms with van der Waals surface area (Å²) >= 11 is 0. The number of hydrogen-bond donors (Lipinski definition) is 3. The Hall–Kier alpha value is -1.55. The molecule has 0 atom stereocenters. The smallest absolute Gasteiger partial charge is 0.223 e. The highest BCUT2D eigenvalue weighted by molar-refractivity contribution is 5.78. The van der Waals surface area contributed by atoms with Crippen molar-refractivity contribution < 1.29 is 4.79 Å². The van der Waals surface area contributed by atoms with Gasteiger partial charge in [-0.1, -0.05) is 12.1 Å². The number of piperidine rings is 1. The first-order chi connectivity index (χ1) is 8.25. The van der Waals surface area contributed by atoms with Gasteiger partial charge in [0.2, 0.25) is 5.91 Å². The molecule has 4 N–H and O–H groups in total. The summed E-state index contributed by atoms with van der Waals surface area (Å²) in [6.07, 6.45) is 1.88. The first-order valence-corrected chi connectivity index (χ1v) is 6.08. The molecule has 1 aliphatic rings. The molecule has 1 heterocycles. The summed E-state index contributed by atoms with van der Waals surface area (Å²) in [5, 5.41) is 6.24. The van der Waals surface area contributed by atoms with Crippen molar-refractivity contribution in [1.29, 1.82) is 0 Å². The van der Waals surface area contributed by atoms with Crippen LogP contribution in [0.4, 0.5) is 5.69 Å². The predicted molar refractivity (Wildman–Crippen MR) is 68.3 cm³/mol. The monoisotopic (exact) mass is 233 g/mol. The van der Waals surface area contributed by atoms with E-state index in [2.05, 4.69) is 10.6 Å². The molecule has 4 nitrogen and oxygen atoms in total. The molecule has 1 amide bonds. The lowest BCUT2D eigenvalue weighted by molar-refractivity contribution is -0.125. The van der Waals surface area contributed by atoms with Crippen LogP contribution in [0.25, 0.3) is 0 Å². The van der Waals surface area contributed by atoms with E-state index in [0.717, 1.165) is 37.2 Å². The minimum Gasteiger partial charge on any atom is -0.399 e. The maximum Gasteiger partial charge on any atom is 0.223 e. The Morgan fingerprint density at radius 3 is 2.59 bits per heavy atom. The summed E-state index contributed by atoms with van der Waals surface area (Å²) < 4.78 is 0. The van der Waals surface area contributed by atoms with E-state index in [4.69, 9.17) is 5.73 Å². The van der Waals surface area contributed by atoms with Crippen LogP contribution in [0.15, 0.2) is 24.3 Å². The van der Waals surface area contributed by atoms with Crippen LogP contribution in [0, 0.1) is 5.92 Å². The number of amides is 1. The van der Waals surface area contributed by atoms with Gasteiger partial charge in [0.15, 0.2) is 0 Å². The van der Waals surface area contributed by atoms with Gasteiger partial charge in [-0.05, 0) is 43.6 Å². The van der Waals surface area contributed by atoms with E-state index in [1.165, 1.54) is 0 Å². The standard InChI is InChI=1S/C13H19N3O/c14-12-3-1-10(2-4-12)9-16-13(17)11-5-7-15-8-6-11/h1-4,11,15H,5-9,14H2,(H,16,17). The number of carbonyl (C=O) groups excluding carboxylic acids is 1. The van der Waals surface area contributed by atoms with Gasteiger partial charge in [0, 0.05) is 18.2 Å². The zero-order chi connectivity index (χ0) is 12.1. The first kappa shape index (κ1) is 11.9. The molecule has 0 bridgehead atoms. The summed E-state index contributed by atoms with van der Waals surface area (Å²) in [6.45, 7) is 2.48. The van der Waals surface area contributed by atoms with E-state index in [-0.39, 0.29) is 11.8 Å². The molecule has 17 heavy (non-hydrogen) atoms. The van der Waals surface area contributed by atoms with E-state index in [1.807, 2.05) is 24.3 Å². The number of rotatable bonds is 3. The maximum absolute atomic E-state index is 11.9. The SMILES string of the molecule is Nc1ccc(CNC(=O)C2CCNCC2)cc1. The number of nitrogens with one attached hydrogen (secondary N) is 2. The van der Waals surface area contributed by atoms with Crippen LogP contribution in [-0.4, -0.2) is 19.0 Å². The molecule has 1 aliphatic heterocycles. The third kappa shape index (κ3) is 3.46. The highest BCUT2D eigenvalue weighted by Gasteiger charge is 2.20. The maximum atomic E-state index is 11.9. The van der Waals surface area contributed by atoms with Crippen LogP contribution in [0.2, 0.25) is 0 Å². The van der Waals surface area contributed by atoms with Crippen molar-refractivity contribution in [2.24, 2.45) is 5.92 Å². The van der Waals surface area contributed by atoms with Crippen LogP contribution in [0.3, 0.4) is 0 Å². The molecule has 1 saturated heterocycles. The van der Waals surface area contributed by atoms with Crippen LogP contribution < -0.4 is 16.4 Å². The van der Waals surface area contributed by atoms with Gasteiger partial charge in [-0.2, -0.15) is 0 Å². The van der Waals surface area contributed by atoms with E-state index >= 15 is 0 Å². The molecule has 1 aromatic carbocycles. The summed E-state index contributed by atoms with van der Waals surface area (Å²) in [5.41, 5.74) is 7.44. The fourth-order valence-corrected chi connectivity index (χ4v) is 2.05. The van der Waals surface area contributed by atoms with E-state index in [9.17, 15) is 4.79 Å². The van der Waals surface area contributed by atoms with E-state index in [0.29, 0.717) is 6.54 Å². The third-order valence-corrected chi connectivity index (χ3v) is 3.16.